The highest BCUT2D eigenvalue weighted by molar-refractivity contribution is 5.80. The second-order valence-corrected chi connectivity index (χ2v) is 6.28. The van der Waals surface area contributed by atoms with Crippen LogP contribution in [0.1, 0.15) is 70.6 Å². The summed E-state index contributed by atoms with van der Waals surface area (Å²) in [5.41, 5.74) is 0. The lowest BCUT2D eigenvalue weighted by Gasteiger charge is -2.49. The summed E-state index contributed by atoms with van der Waals surface area (Å²) >= 11 is 0. The van der Waals surface area contributed by atoms with Crippen molar-refractivity contribution in [2.45, 2.75) is 88.8 Å². The first-order chi connectivity index (χ1) is 8.34. The Bertz CT molecular complexity index is 265. The number of nitrogens with zero attached hydrogens (tertiary/aromatic N) is 1. The van der Waals surface area contributed by atoms with E-state index in [1.807, 2.05) is 0 Å². The molecule has 0 spiro atoms. The number of carbonyl (C=O) groups is 1. The normalized spacial score (nSPS) is 36.8. The van der Waals surface area contributed by atoms with Crippen LogP contribution in [0.2, 0.25) is 0 Å². The molecule has 1 aliphatic carbocycles. The van der Waals surface area contributed by atoms with E-state index in [1.165, 1.54) is 57.8 Å². The summed E-state index contributed by atoms with van der Waals surface area (Å²) in [4.78, 5) is 14.5. The predicted octanol–water partition coefficient (Wildman–Crippen LogP) is 3.30. The van der Waals surface area contributed by atoms with E-state index in [4.69, 9.17) is 0 Å². The molecular formula is C15H25NO. The van der Waals surface area contributed by atoms with Crippen molar-refractivity contribution in [1.29, 1.82) is 0 Å². The third kappa shape index (κ3) is 2.42. The van der Waals surface area contributed by atoms with Gasteiger partial charge in [-0.25, -0.2) is 0 Å². The van der Waals surface area contributed by atoms with Crippen LogP contribution in [0.25, 0.3) is 0 Å². The first kappa shape index (κ1) is 11.7. The van der Waals surface area contributed by atoms with Crippen molar-refractivity contribution in [1.82, 2.24) is 4.90 Å². The number of Topliss-reactive ketones (excluding diaryl/α,β-unsaturated/α-hetero) is 1. The average Bonchev–Trinajstić information content (AvgIpc) is 2.56. The number of piperidine rings is 2. The molecule has 96 valence electrons. The molecule has 0 aromatic rings. The summed E-state index contributed by atoms with van der Waals surface area (Å²) in [7, 11) is 0. The van der Waals surface area contributed by atoms with Gasteiger partial charge in [-0.05, 0) is 25.7 Å². The summed E-state index contributed by atoms with van der Waals surface area (Å²) in [6, 6.07) is 2.03. The minimum Gasteiger partial charge on any atom is -0.300 e. The summed E-state index contributed by atoms with van der Waals surface area (Å²) in [6.07, 6.45) is 14.1. The Kier molecular flexibility index (Phi) is 3.51. The first-order valence-electron chi connectivity index (χ1n) is 7.64. The van der Waals surface area contributed by atoms with Crippen molar-refractivity contribution < 1.29 is 4.79 Å². The molecule has 0 amide bonds. The molecule has 2 unspecified atom stereocenters. The van der Waals surface area contributed by atoms with Gasteiger partial charge in [-0.15, -0.1) is 0 Å². The third-order valence-electron chi connectivity index (χ3n) is 5.09. The Morgan fingerprint density at radius 2 is 1.24 bits per heavy atom. The molecule has 0 aromatic carbocycles. The molecule has 2 bridgehead atoms. The smallest absolute Gasteiger partial charge is 0.136 e. The maximum absolute atomic E-state index is 11.7. The second-order valence-electron chi connectivity index (χ2n) is 6.28. The van der Waals surface area contributed by atoms with E-state index in [2.05, 4.69) is 4.90 Å². The van der Waals surface area contributed by atoms with E-state index in [9.17, 15) is 4.79 Å². The Morgan fingerprint density at radius 1 is 0.706 bits per heavy atom. The largest absolute Gasteiger partial charge is 0.300 e. The average molecular weight is 235 g/mol. The van der Waals surface area contributed by atoms with Crippen molar-refractivity contribution in [3.63, 3.8) is 0 Å². The van der Waals surface area contributed by atoms with Gasteiger partial charge in [-0.2, -0.15) is 0 Å². The molecule has 0 aromatic heterocycles. The lowest BCUT2D eigenvalue weighted by Crippen LogP contribution is -2.56. The molecule has 3 fully saturated rings. The number of fused-ring (bicyclic) bond motifs is 2. The Morgan fingerprint density at radius 3 is 1.82 bits per heavy atom. The topological polar surface area (TPSA) is 20.3 Å². The number of rotatable bonds is 1. The molecule has 2 nitrogen and oxygen atoms in total. The standard InChI is InChI=1S/C15H25NO/c17-15-10-13-8-5-9-14(11-15)16(13)12-6-3-1-2-4-7-12/h12-14H,1-11H2. The summed E-state index contributed by atoms with van der Waals surface area (Å²) in [6.45, 7) is 0. The third-order valence-corrected chi connectivity index (χ3v) is 5.09. The summed E-state index contributed by atoms with van der Waals surface area (Å²) in [5, 5.41) is 0. The van der Waals surface area contributed by atoms with Crippen LogP contribution >= 0.6 is 0 Å². The fraction of sp³-hybridized carbons (Fsp3) is 0.933. The molecule has 3 aliphatic rings. The van der Waals surface area contributed by atoms with Gasteiger partial charge in [0, 0.05) is 31.0 Å². The molecular weight excluding hydrogens is 210 g/mol. The van der Waals surface area contributed by atoms with Crippen LogP contribution in [0.4, 0.5) is 0 Å². The minimum atomic E-state index is 0.532. The van der Waals surface area contributed by atoms with E-state index in [0.717, 1.165) is 18.9 Å². The van der Waals surface area contributed by atoms with E-state index in [-0.39, 0.29) is 0 Å². The van der Waals surface area contributed by atoms with Gasteiger partial charge in [0.2, 0.25) is 0 Å². The van der Waals surface area contributed by atoms with Gasteiger partial charge < -0.3 is 0 Å². The molecule has 2 heterocycles. The highest BCUT2D eigenvalue weighted by Crippen LogP contribution is 2.37. The first-order valence-corrected chi connectivity index (χ1v) is 7.64. The van der Waals surface area contributed by atoms with E-state index in [1.54, 1.807) is 0 Å². The molecule has 1 saturated carbocycles. The fourth-order valence-electron chi connectivity index (χ4n) is 4.36. The number of hydrogen-bond acceptors (Lipinski definition) is 2. The van der Waals surface area contributed by atoms with Gasteiger partial charge in [-0.1, -0.05) is 32.1 Å². The number of carbonyl (C=O) groups excluding carboxylic acids is 1. The minimum absolute atomic E-state index is 0.532. The van der Waals surface area contributed by atoms with E-state index >= 15 is 0 Å². The van der Waals surface area contributed by atoms with E-state index < -0.39 is 0 Å². The van der Waals surface area contributed by atoms with Crippen LogP contribution in [0.15, 0.2) is 0 Å². The molecule has 17 heavy (non-hydrogen) atoms. The Hall–Kier alpha value is -0.370. The highest BCUT2D eigenvalue weighted by Gasteiger charge is 2.40. The van der Waals surface area contributed by atoms with E-state index in [0.29, 0.717) is 17.9 Å². The lowest BCUT2D eigenvalue weighted by atomic mass is 9.81. The second kappa shape index (κ2) is 5.09. The lowest BCUT2D eigenvalue weighted by molar-refractivity contribution is -0.129. The molecule has 3 rings (SSSR count). The van der Waals surface area contributed by atoms with Crippen LogP contribution in [-0.2, 0) is 4.79 Å². The zero-order valence-corrected chi connectivity index (χ0v) is 10.9. The molecule has 0 N–H and O–H groups in total. The van der Waals surface area contributed by atoms with Gasteiger partial charge in [0.1, 0.15) is 5.78 Å². The van der Waals surface area contributed by atoms with Crippen molar-refractivity contribution in [3.05, 3.63) is 0 Å². The fourth-order valence-corrected chi connectivity index (χ4v) is 4.36. The molecule has 0 radical (unpaired) electrons. The van der Waals surface area contributed by atoms with Gasteiger partial charge in [0.25, 0.3) is 0 Å². The number of hydrogen-bond donors (Lipinski definition) is 0. The molecule has 2 heteroatoms. The van der Waals surface area contributed by atoms with Crippen LogP contribution in [0.3, 0.4) is 0 Å². The number of ketones is 1. The zero-order chi connectivity index (χ0) is 11.7. The maximum Gasteiger partial charge on any atom is 0.136 e. The quantitative estimate of drug-likeness (QED) is 0.650. The van der Waals surface area contributed by atoms with Crippen molar-refractivity contribution in [2.24, 2.45) is 0 Å². The zero-order valence-electron chi connectivity index (χ0n) is 10.9. The van der Waals surface area contributed by atoms with Crippen LogP contribution in [0, 0.1) is 0 Å². The molecule has 2 saturated heterocycles. The SMILES string of the molecule is O=C1CC2CCCC(C1)N2C1CCCCCC1. The van der Waals surface area contributed by atoms with Crippen molar-refractivity contribution >= 4 is 5.78 Å². The molecule has 2 aliphatic heterocycles. The van der Waals surface area contributed by atoms with Crippen molar-refractivity contribution in [3.8, 4) is 0 Å². The van der Waals surface area contributed by atoms with Gasteiger partial charge >= 0.3 is 0 Å². The van der Waals surface area contributed by atoms with Gasteiger partial charge in [-0.3, -0.25) is 9.69 Å². The van der Waals surface area contributed by atoms with Crippen LogP contribution < -0.4 is 0 Å². The maximum atomic E-state index is 11.7. The summed E-state index contributed by atoms with van der Waals surface area (Å²) in [5.74, 6) is 0.532. The van der Waals surface area contributed by atoms with Gasteiger partial charge in [0.15, 0.2) is 0 Å². The predicted molar refractivity (Wildman–Crippen MR) is 69.0 cm³/mol. The monoisotopic (exact) mass is 235 g/mol. The Balaban J connectivity index is 1.74. The summed E-state index contributed by atoms with van der Waals surface area (Å²) < 4.78 is 0. The van der Waals surface area contributed by atoms with Crippen LogP contribution in [-0.4, -0.2) is 28.8 Å². The van der Waals surface area contributed by atoms with Crippen molar-refractivity contribution in [2.75, 3.05) is 0 Å². The highest BCUT2D eigenvalue weighted by atomic mass is 16.1. The van der Waals surface area contributed by atoms with Crippen LogP contribution in [0.5, 0.6) is 0 Å². The Labute approximate surface area is 105 Å². The molecule has 2 atom stereocenters. The van der Waals surface area contributed by atoms with Gasteiger partial charge in [0.05, 0.1) is 0 Å².